The molecule has 214 valence electrons. The van der Waals surface area contributed by atoms with Crippen molar-refractivity contribution in [3.63, 3.8) is 0 Å². The highest BCUT2D eigenvalue weighted by atomic mass is 32.1. The van der Waals surface area contributed by atoms with E-state index < -0.39 is 18.0 Å². The number of nitrogens with one attached hydrogen (secondary N) is 2. The number of alkyl halides is 3. The Morgan fingerprint density at radius 3 is 2.59 bits per heavy atom. The molecule has 4 heterocycles. The monoisotopic (exact) mass is 587 g/mol. The van der Waals surface area contributed by atoms with Gasteiger partial charge in [0, 0.05) is 32.3 Å². The van der Waals surface area contributed by atoms with E-state index in [1.807, 2.05) is 4.90 Å². The van der Waals surface area contributed by atoms with Crippen LogP contribution in [0.4, 0.5) is 29.9 Å². The van der Waals surface area contributed by atoms with Crippen LogP contribution in [0.1, 0.15) is 28.5 Å². The summed E-state index contributed by atoms with van der Waals surface area (Å²) in [5.41, 5.74) is 1.16. The molecular weight excluding hydrogens is 563 g/mol. The molecule has 3 aromatic heterocycles. The number of aryl methyl sites for hydroxylation is 1. The Bertz CT molecular complexity index is 1520. The summed E-state index contributed by atoms with van der Waals surface area (Å²) in [5.74, 6) is -0.108. The van der Waals surface area contributed by atoms with Crippen molar-refractivity contribution in [1.29, 1.82) is 0 Å². The van der Waals surface area contributed by atoms with Crippen molar-refractivity contribution < 1.29 is 27.5 Å². The molecule has 1 aliphatic rings. The molecule has 1 aliphatic heterocycles. The summed E-state index contributed by atoms with van der Waals surface area (Å²) >= 11 is 1.34. The minimum absolute atomic E-state index is 0.106. The first-order chi connectivity index (χ1) is 19.6. The van der Waals surface area contributed by atoms with Gasteiger partial charge >= 0.3 is 6.36 Å². The smallest absolute Gasteiger partial charge is 0.406 e. The molecule has 2 N–H and O–H groups in total. The van der Waals surface area contributed by atoms with Crippen LogP contribution >= 0.6 is 11.3 Å². The molecular formula is C25H24F3N9O3S. The highest BCUT2D eigenvalue weighted by Gasteiger charge is 2.31. The number of hydrogen-bond acceptors (Lipinski definition) is 10. The lowest BCUT2D eigenvalue weighted by molar-refractivity contribution is -0.274. The normalized spacial score (nSPS) is 15.1. The van der Waals surface area contributed by atoms with Gasteiger partial charge in [-0.15, -0.1) is 33.6 Å². The zero-order valence-corrected chi connectivity index (χ0v) is 22.4. The summed E-state index contributed by atoms with van der Waals surface area (Å²) in [7, 11) is 1.79. The number of aromatic nitrogens is 6. The third-order valence-corrected chi connectivity index (χ3v) is 7.09. The van der Waals surface area contributed by atoms with Crippen molar-refractivity contribution >= 4 is 39.9 Å². The van der Waals surface area contributed by atoms with Crippen LogP contribution in [0.15, 0.2) is 48.8 Å². The molecule has 5 rings (SSSR count). The molecule has 1 aromatic carbocycles. The van der Waals surface area contributed by atoms with Crippen molar-refractivity contribution in [2.75, 3.05) is 28.6 Å². The van der Waals surface area contributed by atoms with Gasteiger partial charge in [0.25, 0.3) is 0 Å². The van der Waals surface area contributed by atoms with Gasteiger partial charge in [0.2, 0.25) is 16.9 Å². The van der Waals surface area contributed by atoms with Crippen LogP contribution in [-0.4, -0.2) is 61.4 Å². The molecule has 12 nitrogen and oxygen atoms in total. The standard InChI is InChI=1S/C25H24F3N9O3S/c1-36-13-16(12-29-36)11-22(39)31-24-35-34-23(41-24)17-7-8-37(14-17)20-6-5-19(32-33-20)30-21(38)10-15-3-2-4-18(9-15)40-25(26,27)28/h2-6,9,12-13,17H,7-8,10-11,14H2,1H3,(H,30,32,38)(H,31,35,39). The number of carbonyl (C=O) groups is 2. The fraction of sp³-hybridized carbons (Fsp3) is 0.320. The summed E-state index contributed by atoms with van der Waals surface area (Å²) in [4.78, 5) is 26.7. The average molecular weight is 588 g/mol. The van der Waals surface area contributed by atoms with Gasteiger partial charge in [0.05, 0.1) is 19.0 Å². The van der Waals surface area contributed by atoms with Crippen LogP contribution in [0.3, 0.4) is 0 Å². The highest BCUT2D eigenvalue weighted by molar-refractivity contribution is 7.15. The zero-order valence-electron chi connectivity index (χ0n) is 21.6. The van der Waals surface area contributed by atoms with E-state index in [2.05, 4.69) is 40.9 Å². The number of benzene rings is 1. The lowest BCUT2D eigenvalue weighted by Crippen LogP contribution is -2.21. The molecule has 0 bridgehead atoms. The Kier molecular flexibility index (Phi) is 8.09. The quantitative estimate of drug-likeness (QED) is 0.302. The van der Waals surface area contributed by atoms with Crippen LogP contribution in [0.2, 0.25) is 0 Å². The summed E-state index contributed by atoms with van der Waals surface area (Å²) in [6.07, 6.45) is -0.551. The third kappa shape index (κ3) is 7.75. The topological polar surface area (TPSA) is 140 Å². The molecule has 1 atom stereocenters. The van der Waals surface area contributed by atoms with Crippen LogP contribution in [0.25, 0.3) is 0 Å². The molecule has 0 saturated carbocycles. The largest absolute Gasteiger partial charge is 0.573 e. The molecule has 16 heteroatoms. The van der Waals surface area contributed by atoms with Crippen LogP contribution in [-0.2, 0) is 29.5 Å². The van der Waals surface area contributed by atoms with E-state index in [9.17, 15) is 22.8 Å². The van der Waals surface area contributed by atoms with E-state index in [1.54, 1.807) is 36.3 Å². The molecule has 0 radical (unpaired) electrons. The van der Waals surface area contributed by atoms with Gasteiger partial charge in [-0.3, -0.25) is 14.3 Å². The molecule has 1 unspecified atom stereocenters. The fourth-order valence-electron chi connectivity index (χ4n) is 4.32. The van der Waals surface area contributed by atoms with E-state index in [4.69, 9.17) is 0 Å². The molecule has 2 amide bonds. The van der Waals surface area contributed by atoms with Crippen molar-refractivity contribution in [2.45, 2.75) is 31.5 Å². The average Bonchev–Trinajstić information content (AvgIpc) is 3.65. The van der Waals surface area contributed by atoms with Gasteiger partial charge in [-0.1, -0.05) is 23.5 Å². The number of carbonyl (C=O) groups excluding carboxylic acids is 2. The second-order valence-corrected chi connectivity index (χ2v) is 10.3. The van der Waals surface area contributed by atoms with E-state index in [1.165, 1.54) is 23.5 Å². The maximum atomic E-state index is 12.4. The lowest BCUT2D eigenvalue weighted by atomic mass is 10.1. The lowest BCUT2D eigenvalue weighted by Gasteiger charge is -2.16. The SMILES string of the molecule is Cn1cc(CC(=O)Nc2nnc(C3CCN(c4ccc(NC(=O)Cc5cccc(OC(F)(F)F)c5)nn4)C3)s2)cn1. The molecule has 1 fully saturated rings. The van der Waals surface area contributed by atoms with Gasteiger partial charge in [0.1, 0.15) is 10.8 Å². The Balaban J connectivity index is 1.11. The molecule has 1 saturated heterocycles. The molecule has 0 spiro atoms. The van der Waals surface area contributed by atoms with Crippen molar-refractivity contribution in [1.82, 2.24) is 30.2 Å². The predicted octanol–water partition coefficient (Wildman–Crippen LogP) is 3.32. The van der Waals surface area contributed by atoms with Gasteiger partial charge in [-0.2, -0.15) is 5.10 Å². The minimum Gasteiger partial charge on any atom is -0.406 e. The Morgan fingerprint density at radius 2 is 1.85 bits per heavy atom. The first-order valence-electron chi connectivity index (χ1n) is 12.4. The summed E-state index contributed by atoms with van der Waals surface area (Å²) in [6, 6.07) is 8.56. The number of anilines is 3. The summed E-state index contributed by atoms with van der Waals surface area (Å²) in [5, 5.41) is 27.3. The Labute approximate surface area is 235 Å². The van der Waals surface area contributed by atoms with Crippen LogP contribution < -0.4 is 20.3 Å². The van der Waals surface area contributed by atoms with Crippen molar-refractivity contribution in [3.8, 4) is 5.75 Å². The van der Waals surface area contributed by atoms with Crippen LogP contribution in [0, 0.1) is 0 Å². The number of rotatable bonds is 9. The number of hydrogen-bond donors (Lipinski definition) is 2. The van der Waals surface area contributed by atoms with E-state index >= 15 is 0 Å². The van der Waals surface area contributed by atoms with Gasteiger partial charge < -0.3 is 20.3 Å². The Hall–Kier alpha value is -4.60. The highest BCUT2D eigenvalue weighted by Crippen LogP contribution is 2.33. The van der Waals surface area contributed by atoms with E-state index in [0.29, 0.717) is 29.6 Å². The summed E-state index contributed by atoms with van der Waals surface area (Å²) < 4.78 is 42.8. The minimum atomic E-state index is -4.81. The number of ether oxygens (including phenoxy) is 1. The molecule has 4 aromatic rings. The second kappa shape index (κ2) is 11.9. The van der Waals surface area contributed by atoms with E-state index in [-0.39, 0.29) is 30.5 Å². The van der Waals surface area contributed by atoms with Crippen molar-refractivity contribution in [3.05, 3.63) is 64.9 Å². The van der Waals surface area contributed by atoms with Gasteiger partial charge in [-0.25, -0.2) is 0 Å². The van der Waals surface area contributed by atoms with E-state index in [0.717, 1.165) is 29.1 Å². The maximum Gasteiger partial charge on any atom is 0.573 e. The third-order valence-electron chi connectivity index (χ3n) is 6.09. The molecule has 0 aliphatic carbocycles. The zero-order chi connectivity index (χ0) is 29.0. The fourth-order valence-corrected chi connectivity index (χ4v) is 5.20. The van der Waals surface area contributed by atoms with Crippen LogP contribution in [0.5, 0.6) is 5.75 Å². The van der Waals surface area contributed by atoms with Gasteiger partial charge in [-0.05, 0) is 41.8 Å². The first-order valence-corrected chi connectivity index (χ1v) is 13.3. The summed E-state index contributed by atoms with van der Waals surface area (Å²) in [6.45, 7) is 1.35. The maximum absolute atomic E-state index is 12.4. The number of halogens is 3. The van der Waals surface area contributed by atoms with Crippen molar-refractivity contribution in [2.24, 2.45) is 7.05 Å². The van der Waals surface area contributed by atoms with Gasteiger partial charge in [0.15, 0.2) is 11.6 Å². The second-order valence-electron chi connectivity index (χ2n) is 9.32. The Morgan fingerprint density at radius 1 is 1.05 bits per heavy atom. The number of amides is 2. The first kappa shape index (κ1) is 27.9. The number of nitrogens with zero attached hydrogens (tertiary/aromatic N) is 7. The molecule has 41 heavy (non-hydrogen) atoms. The predicted molar refractivity (Wildman–Crippen MR) is 143 cm³/mol.